The highest BCUT2D eigenvalue weighted by atomic mass is 16.2. The van der Waals surface area contributed by atoms with Crippen molar-refractivity contribution in [1.29, 1.82) is 0 Å². The van der Waals surface area contributed by atoms with E-state index in [0.717, 1.165) is 86.5 Å². The highest BCUT2D eigenvalue weighted by Crippen LogP contribution is 2.38. The molecule has 6 aromatic carbocycles. The van der Waals surface area contributed by atoms with Crippen LogP contribution < -0.4 is 21.3 Å². The number of nitrogens with one attached hydrogen (secondary N) is 4. The zero-order chi connectivity index (χ0) is 54.6. The molecule has 0 atom stereocenters. The van der Waals surface area contributed by atoms with Crippen LogP contribution in [-0.2, 0) is 19.2 Å². The van der Waals surface area contributed by atoms with Gasteiger partial charge in [-0.05, 0) is 72.2 Å². The van der Waals surface area contributed by atoms with Gasteiger partial charge in [-0.1, -0.05) is 173 Å². The molecular formula is C64H70N6O8. The van der Waals surface area contributed by atoms with E-state index < -0.39 is 23.6 Å². The summed E-state index contributed by atoms with van der Waals surface area (Å²) in [7, 11) is 0. The molecule has 2 heterocycles. The Labute approximate surface area is 456 Å². The summed E-state index contributed by atoms with van der Waals surface area (Å²) in [6, 6.07) is 44.8. The average Bonchev–Trinajstić information content (AvgIpc) is 3.59. The van der Waals surface area contributed by atoms with Crippen LogP contribution in [0.15, 0.2) is 146 Å². The van der Waals surface area contributed by atoms with E-state index in [9.17, 15) is 38.4 Å². The number of carbonyl (C=O) groups is 8. The van der Waals surface area contributed by atoms with Crippen LogP contribution >= 0.6 is 0 Å². The molecule has 4 N–H and O–H groups in total. The summed E-state index contributed by atoms with van der Waals surface area (Å²) in [6.07, 6.45) is 10.3. The molecule has 0 bridgehead atoms. The molecule has 0 unspecified atom stereocenters. The van der Waals surface area contributed by atoms with E-state index in [-0.39, 0.29) is 74.5 Å². The first-order valence-corrected chi connectivity index (χ1v) is 27.7. The standard InChI is InChI=1S/C64H70N6O8/c71-53(37-39-55(73)67-59(45-25-13-9-14-26-45)46-27-15-10-16-28-46)65-41-21-5-1-3-7-23-43-69-61(75)49-33-35-51-58-52(36-34-50(57(49)58)62(69)76)64(78)70(63(51)77)44-24-8-4-2-6-22-42-66-54(72)38-40-56(74)68-60(47-29-17-11-18-30-47)48-31-19-12-20-32-48/h9-20,25-36,59-60H,1-8,21-24,37-44H2,(H,65,71)(H,66,72)(H,67,73)(H,68,74). The Morgan fingerprint density at radius 2 is 0.577 bits per heavy atom. The van der Waals surface area contributed by atoms with Crippen molar-refractivity contribution in [2.45, 2.75) is 115 Å². The zero-order valence-corrected chi connectivity index (χ0v) is 44.3. The maximum Gasteiger partial charge on any atom is 0.261 e. The number of benzene rings is 6. The van der Waals surface area contributed by atoms with E-state index in [0.29, 0.717) is 59.0 Å². The van der Waals surface area contributed by atoms with Gasteiger partial charge in [0.05, 0.1) is 12.1 Å². The molecule has 0 radical (unpaired) electrons. The monoisotopic (exact) mass is 1050 g/mol. The van der Waals surface area contributed by atoms with Gasteiger partial charge in [0.25, 0.3) is 23.6 Å². The molecule has 14 heteroatoms. The summed E-state index contributed by atoms with van der Waals surface area (Å²) in [5, 5.41) is 12.7. The topological polar surface area (TPSA) is 191 Å². The molecule has 2 aliphatic heterocycles. The SMILES string of the molecule is O=C(CCC(=O)NC(c1ccccc1)c1ccccc1)NCCCCCCCCN1C(=O)c2ccc3c4c(ccc(c24)C1=O)C(=O)N(CCCCCCCCNC(=O)CCC(=O)NC(c1ccccc1)c1ccccc1)C3=O. The van der Waals surface area contributed by atoms with Crippen molar-refractivity contribution in [2.24, 2.45) is 0 Å². The number of imide groups is 2. The number of hydrogen-bond donors (Lipinski definition) is 4. The summed E-state index contributed by atoms with van der Waals surface area (Å²) in [5.41, 5.74) is 5.11. The second-order valence-corrected chi connectivity index (χ2v) is 20.2. The molecule has 0 aromatic heterocycles. The third-order valence-electron chi connectivity index (χ3n) is 14.6. The van der Waals surface area contributed by atoms with Crippen molar-refractivity contribution < 1.29 is 38.4 Å². The molecule has 6 aromatic rings. The number of rotatable bonds is 30. The van der Waals surface area contributed by atoms with Gasteiger partial charge < -0.3 is 21.3 Å². The largest absolute Gasteiger partial charge is 0.356 e. The highest BCUT2D eigenvalue weighted by Gasteiger charge is 2.39. The van der Waals surface area contributed by atoms with Crippen LogP contribution in [0, 0.1) is 0 Å². The van der Waals surface area contributed by atoms with E-state index in [1.165, 1.54) is 9.80 Å². The van der Waals surface area contributed by atoms with Crippen LogP contribution in [0.5, 0.6) is 0 Å². The van der Waals surface area contributed by atoms with E-state index in [4.69, 9.17) is 0 Å². The van der Waals surface area contributed by atoms with Gasteiger partial charge in [0.15, 0.2) is 0 Å². The van der Waals surface area contributed by atoms with Crippen molar-refractivity contribution in [1.82, 2.24) is 31.1 Å². The van der Waals surface area contributed by atoms with Gasteiger partial charge in [0, 0.05) is 84.9 Å². The fraction of sp³-hybridized carbons (Fsp3) is 0.344. The minimum Gasteiger partial charge on any atom is -0.356 e. The molecular weight excluding hydrogens is 981 g/mol. The summed E-state index contributed by atoms with van der Waals surface area (Å²) in [4.78, 5) is 109. The van der Waals surface area contributed by atoms with Crippen molar-refractivity contribution in [3.63, 3.8) is 0 Å². The maximum absolute atomic E-state index is 13.8. The van der Waals surface area contributed by atoms with Crippen LogP contribution in [0.4, 0.5) is 0 Å². The minimum atomic E-state index is -0.432. The lowest BCUT2D eigenvalue weighted by Crippen LogP contribution is -2.43. The molecule has 78 heavy (non-hydrogen) atoms. The van der Waals surface area contributed by atoms with Crippen molar-refractivity contribution in [3.05, 3.63) is 190 Å². The van der Waals surface area contributed by atoms with Gasteiger partial charge in [0.1, 0.15) is 0 Å². The Kier molecular flexibility index (Phi) is 20.2. The van der Waals surface area contributed by atoms with Crippen LogP contribution in [0.2, 0.25) is 0 Å². The summed E-state index contributed by atoms with van der Waals surface area (Å²) >= 11 is 0. The first kappa shape index (κ1) is 56.0. The number of unbranched alkanes of at least 4 members (excludes halogenated alkanes) is 10. The van der Waals surface area contributed by atoms with Crippen molar-refractivity contribution >= 4 is 58.0 Å². The maximum atomic E-state index is 13.8. The number of nitrogens with zero attached hydrogens (tertiary/aromatic N) is 2. The number of carbonyl (C=O) groups excluding carboxylic acids is 8. The van der Waals surface area contributed by atoms with Gasteiger partial charge in [-0.15, -0.1) is 0 Å². The van der Waals surface area contributed by atoms with Crippen LogP contribution in [0.1, 0.15) is 179 Å². The van der Waals surface area contributed by atoms with E-state index in [2.05, 4.69) is 21.3 Å². The molecule has 0 fully saturated rings. The first-order chi connectivity index (χ1) is 38.1. The first-order valence-electron chi connectivity index (χ1n) is 27.7. The molecule has 0 aliphatic carbocycles. The zero-order valence-electron chi connectivity index (χ0n) is 44.3. The Balaban J connectivity index is 0.683. The van der Waals surface area contributed by atoms with E-state index >= 15 is 0 Å². The lowest BCUT2D eigenvalue weighted by Gasteiger charge is -2.32. The number of amides is 8. The van der Waals surface area contributed by atoms with Gasteiger partial charge in [-0.25, -0.2) is 0 Å². The fourth-order valence-corrected chi connectivity index (χ4v) is 10.4. The molecule has 0 saturated carbocycles. The van der Waals surface area contributed by atoms with E-state index in [1.54, 1.807) is 24.3 Å². The summed E-state index contributed by atoms with van der Waals surface area (Å²) < 4.78 is 0. The Morgan fingerprint density at radius 1 is 0.321 bits per heavy atom. The highest BCUT2D eigenvalue weighted by molar-refractivity contribution is 6.33. The smallest absolute Gasteiger partial charge is 0.261 e. The van der Waals surface area contributed by atoms with Crippen LogP contribution in [0.3, 0.4) is 0 Å². The fourth-order valence-electron chi connectivity index (χ4n) is 10.4. The average molecular weight is 1050 g/mol. The quantitative estimate of drug-likeness (QED) is 0.0253. The van der Waals surface area contributed by atoms with Gasteiger partial charge in [0.2, 0.25) is 23.6 Å². The minimum absolute atomic E-state index is 0.0856. The van der Waals surface area contributed by atoms with Gasteiger partial charge in [-0.2, -0.15) is 0 Å². The molecule has 404 valence electrons. The molecule has 0 spiro atoms. The predicted octanol–water partition coefficient (Wildman–Crippen LogP) is 10.3. The van der Waals surface area contributed by atoms with Crippen LogP contribution in [-0.4, -0.2) is 83.2 Å². The van der Waals surface area contributed by atoms with Crippen molar-refractivity contribution in [3.8, 4) is 0 Å². The Bertz CT molecular complexity index is 2710. The number of hydrogen-bond acceptors (Lipinski definition) is 8. The summed E-state index contributed by atoms with van der Waals surface area (Å²) in [5.74, 6) is -2.45. The predicted molar refractivity (Wildman–Crippen MR) is 300 cm³/mol. The lowest BCUT2D eigenvalue weighted by molar-refractivity contribution is -0.126. The molecule has 2 aliphatic rings. The third-order valence-corrected chi connectivity index (χ3v) is 14.6. The summed E-state index contributed by atoms with van der Waals surface area (Å²) in [6.45, 7) is 1.53. The normalized spacial score (nSPS) is 12.8. The van der Waals surface area contributed by atoms with Crippen molar-refractivity contribution in [2.75, 3.05) is 26.2 Å². The van der Waals surface area contributed by atoms with Gasteiger partial charge >= 0.3 is 0 Å². The van der Waals surface area contributed by atoms with Crippen LogP contribution in [0.25, 0.3) is 10.8 Å². The molecule has 8 amide bonds. The molecule has 8 rings (SSSR count). The van der Waals surface area contributed by atoms with Gasteiger partial charge in [-0.3, -0.25) is 48.2 Å². The third kappa shape index (κ3) is 14.6. The van der Waals surface area contributed by atoms with E-state index in [1.807, 2.05) is 121 Å². The lowest BCUT2D eigenvalue weighted by atomic mass is 9.86. The molecule has 0 saturated heterocycles. The second-order valence-electron chi connectivity index (χ2n) is 20.2. The molecule has 14 nitrogen and oxygen atoms in total. The Morgan fingerprint density at radius 3 is 0.872 bits per heavy atom. The second kappa shape index (κ2) is 28.2. The Hall–Kier alpha value is -8.26.